The van der Waals surface area contributed by atoms with Crippen LogP contribution in [0.2, 0.25) is 0 Å². The van der Waals surface area contributed by atoms with E-state index in [1.165, 1.54) is 19.3 Å². The lowest BCUT2D eigenvalue weighted by atomic mass is 9.88. The summed E-state index contributed by atoms with van der Waals surface area (Å²) in [5.41, 5.74) is 0. The van der Waals surface area contributed by atoms with Crippen LogP contribution in [0.3, 0.4) is 0 Å². The zero-order valence-corrected chi connectivity index (χ0v) is 9.69. The van der Waals surface area contributed by atoms with Gasteiger partial charge < -0.3 is 10.4 Å². The summed E-state index contributed by atoms with van der Waals surface area (Å²) in [4.78, 5) is 11.9. The Balaban J connectivity index is 1.77. The second-order valence-corrected chi connectivity index (χ2v) is 5.01. The molecule has 0 bridgehead atoms. The first-order chi connectivity index (χ1) is 7.79. The van der Waals surface area contributed by atoms with Crippen LogP contribution in [0.4, 0.5) is 0 Å². The summed E-state index contributed by atoms with van der Waals surface area (Å²) in [6.07, 6.45) is 10.6. The van der Waals surface area contributed by atoms with Crippen molar-refractivity contribution in [1.29, 1.82) is 0 Å². The van der Waals surface area contributed by atoms with E-state index in [9.17, 15) is 4.79 Å². The molecule has 0 aromatic rings. The van der Waals surface area contributed by atoms with E-state index in [0.29, 0.717) is 0 Å². The molecule has 0 aliphatic heterocycles. The van der Waals surface area contributed by atoms with E-state index in [-0.39, 0.29) is 30.4 Å². The van der Waals surface area contributed by atoms with Crippen molar-refractivity contribution in [1.82, 2.24) is 5.32 Å². The minimum Gasteiger partial charge on any atom is -0.396 e. The zero-order valence-electron chi connectivity index (χ0n) is 9.69. The third-order valence-corrected chi connectivity index (χ3v) is 3.71. The molecule has 0 aromatic heterocycles. The molecule has 2 N–H and O–H groups in total. The Bertz CT molecular complexity index is 269. The average Bonchev–Trinajstić information content (AvgIpc) is 2.78. The predicted octanol–water partition coefficient (Wildman–Crippen LogP) is 1.62. The molecule has 0 saturated heterocycles. The summed E-state index contributed by atoms with van der Waals surface area (Å²) >= 11 is 0. The highest BCUT2D eigenvalue weighted by Gasteiger charge is 2.25. The van der Waals surface area contributed by atoms with E-state index in [2.05, 4.69) is 5.32 Å². The van der Waals surface area contributed by atoms with E-state index in [1.807, 2.05) is 12.2 Å². The van der Waals surface area contributed by atoms with Crippen molar-refractivity contribution in [2.75, 3.05) is 6.61 Å². The van der Waals surface area contributed by atoms with Gasteiger partial charge in [-0.25, -0.2) is 0 Å². The third-order valence-electron chi connectivity index (χ3n) is 3.71. The highest BCUT2D eigenvalue weighted by Crippen LogP contribution is 2.24. The minimum atomic E-state index is 0.145. The molecule has 0 heterocycles. The van der Waals surface area contributed by atoms with Crippen molar-refractivity contribution in [3.8, 4) is 0 Å². The Morgan fingerprint density at radius 3 is 2.62 bits per heavy atom. The van der Waals surface area contributed by atoms with Crippen LogP contribution < -0.4 is 5.32 Å². The largest absolute Gasteiger partial charge is 0.396 e. The molecule has 0 radical (unpaired) electrons. The number of hydrogen-bond acceptors (Lipinski definition) is 2. The number of rotatable bonds is 3. The smallest absolute Gasteiger partial charge is 0.223 e. The number of amides is 1. The van der Waals surface area contributed by atoms with Crippen molar-refractivity contribution in [3.63, 3.8) is 0 Å². The number of nitrogens with one attached hydrogen (secondary N) is 1. The van der Waals surface area contributed by atoms with Crippen LogP contribution in [0.25, 0.3) is 0 Å². The van der Waals surface area contributed by atoms with Crippen molar-refractivity contribution in [3.05, 3.63) is 12.2 Å². The lowest BCUT2D eigenvalue weighted by Crippen LogP contribution is -2.38. The molecule has 0 aromatic carbocycles. The van der Waals surface area contributed by atoms with Crippen LogP contribution in [0.1, 0.15) is 38.5 Å². The van der Waals surface area contributed by atoms with Crippen molar-refractivity contribution >= 4 is 5.91 Å². The Morgan fingerprint density at radius 2 is 2.00 bits per heavy atom. The molecule has 2 atom stereocenters. The van der Waals surface area contributed by atoms with Crippen LogP contribution in [-0.2, 0) is 4.79 Å². The minimum absolute atomic E-state index is 0.145. The summed E-state index contributed by atoms with van der Waals surface area (Å²) in [5.74, 6) is 0.680. The molecule has 2 aliphatic carbocycles. The molecule has 2 aliphatic rings. The Morgan fingerprint density at radius 1 is 1.25 bits per heavy atom. The summed E-state index contributed by atoms with van der Waals surface area (Å²) < 4.78 is 0. The zero-order chi connectivity index (χ0) is 11.4. The third kappa shape index (κ3) is 2.85. The molecule has 0 spiro atoms. The first kappa shape index (κ1) is 11.6. The van der Waals surface area contributed by atoms with E-state index in [1.54, 1.807) is 0 Å². The lowest BCUT2D eigenvalue weighted by molar-refractivity contribution is -0.126. The van der Waals surface area contributed by atoms with Gasteiger partial charge in [0, 0.05) is 24.5 Å². The molecule has 2 rings (SSSR count). The molecule has 0 unspecified atom stereocenters. The van der Waals surface area contributed by atoms with Gasteiger partial charge in [-0.1, -0.05) is 31.4 Å². The van der Waals surface area contributed by atoms with Gasteiger partial charge in [0.15, 0.2) is 0 Å². The predicted molar refractivity (Wildman–Crippen MR) is 62.8 cm³/mol. The highest BCUT2D eigenvalue weighted by atomic mass is 16.3. The lowest BCUT2D eigenvalue weighted by Gasteiger charge is -2.22. The standard InChI is InChI=1S/C13H21NO2/c15-9-10-6-7-12(8-10)14-13(16)11-4-2-1-3-5-11/h6-7,10-12,15H,1-5,8-9H2,(H,14,16)/t10-,12+/m0/s1. The second kappa shape index (κ2) is 5.48. The summed E-state index contributed by atoms with van der Waals surface area (Å²) in [6, 6.07) is 0.145. The van der Waals surface area contributed by atoms with E-state index in [0.717, 1.165) is 19.3 Å². The number of carbonyl (C=O) groups is 1. The molecule has 3 nitrogen and oxygen atoms in total. The number of carbonyl (C=O) groups excluding carboxylic acids is 1. The molecular weight excluding hydrogens is 202 g/mol. The molecule has 1 amide bonds. The summed E-state index contributed by atoms with van der Waals surface area (Å²) in [5, 5.41) is 12.1. The number of aliphatic hydroxyl groups excluding tert-OH is 1. The molecule has 90 valence electrons. The number of aliphatic hydroxyl groups is 1. The fourth-order valence-corrected chi connectivity index (χ4v) is 2.68. The van der Waals surface area contributed by atoms with Crippen LogP contribution in [0.5, 0.6) is 0 Å². The van der Waals surface area contributed by atoms with E-state index < -0.39 is 0 Å². The van der Waals surface area contributed by atoms with Crippen LogP contribution >= 0.6 is 0 Å². The SMILES string of the molecule is O=C(N[C@@H]1C=C[C@H](CO)C1)C1CCCCC1. The second-order valence-electron chi connectivity index (χ2n) is 5.01. The van der Waals surface area contributed by atoms with Crippen LogP contribution in [0, 0.1) is 11.8 Å². The maximum absolute atomic E-state index is 11.9. The van der Waals surface area contributed by atoms with Crippen LogP contribution in [-0.4, -0.2) is 23.7 Å². The molecule has 3 heteroatoms. The van der Waals surface area contributed by atoms with Crippen LogP contribution in [0.15, 0.2) is 12.2 Å². The first-order valence-electron chi connectivity index (χ1n) is 6.39. The summed E-state index contributed by atoms with van der Waals surface area (Å²) in [6.45, 7) is 0.187. The van der Waals surface area contributed by atoms with Gasteiger partial charge in [0.1, 0.15) is 0 Å². The fraction of sp³-hybridized carbons (Fsp3) is 0.769. The average molecular weight is 223 g/mol. The van der Waals surface area contributed by atoms with Crippen molar-refractivity contribution in [2.45, 2.75) is 44.6 Å². The quantitative estimate of drug-likeness (QED) is 0.714. The van der Waals surface area contributed by atoms with Gasteiger partial charge in [0.05, 0.1) is 0 Å². The van der Waals surface area contributed by atoms with Gasteiger partial charge in [-0.05, 0) is 19.3 Å². The van der Waals surface area contributed by atoms with Crippen molar-refractivity contribution < 1.29 is 9.90 Å². The molecule has 1 fully saturated rings. The Kier molecular flexibility index (Phi) is 3.99. The van der Waals surface area contributed by atoms with E-state index >= 15 is 0 Å². The normalized spacial score (nSPS) is 30.6. The molecule has 16 heavy (non-hydrogen) atoms. The maximum Gasteiger partial charge on any atom is 0.223 e. The maximum atomic E-state index is 11.9. The number of hydrogen-bond donors (Lipinski definition) is 2. The van der Waals surface area contributed by atoms with Gasteiger partial charge >= 0.3 is 0 Å². The van der Waals surface area contributed by atoms with Gasteiger partial charge in [0.2, 0.25) is 5.91 Å². The molecule has 1 saturated carbocycles. The van der Waals surface area contributed by atoms with Gasteiger partial charge in [-0.15, -0.1) is 0 Å². The first-order valence-corrected chi connectivity index (χ1v) is 6.39. The molecular formula is C13H21NO2. The van der Waals surface area contributed by atoms with Gasteiger partial charge in [-0.3, -0.25) is 4.79 Å². The topological polar surface area (TPSA) is 49.3 Å². The summed E-state index contributed by atoms with van der Waals surface area (Å²) in [7, 11) is 0. The monoisotopic (exact) mass is 223 g/mol. The Hall–Kier alpha value is -0.830. The van der Waals surface area contributed by atoms with Gasteiger partial charge in [-0.2, -0.15) is 0 Å². The van der Waals surface area contributed by atoms with E-state index in [4.69, 9.17) is 5.11 Å². The highest BCUT2D eigenvalue weighted by molar-refractivity contribution is 5.79. The Labute approximate surface area is 96.9 Å². The van der Waals surface area contributed by atoms with Crippen molar-refractivity contribution in [2.24, 2.45) is 11.8 Å². The fourth-order valence-electron chi connectivity index (χ4n) is 2.68. The van der Waals surface area contributed by atoms with Gasteiger partial charge in [0.25, 0.3) is 0 Å².